The highest BCUT2D eigenvalue weighted by Crippen LogP contribution is 2.35. The van der Waals surface area contributed by atoms with Crippen molar-refractivity contribution < 1.29 is 14.3 Å². The van der Waals surface area contributed by atoms with Crippen molar-refractivity contribution in [3.05, 3.63) is 53.3 Å². The Labute approximate surface area is 146 Å². The number of nitrogens with zero attached hydrogens (tertiary/aromatic N) is 2. The van der Waals surface area contributed by atoms with E-state index in [1.807, 2.05) is 13.2 Å². The molecule has 0 aliphatic carbocycles. The average molecular weight is 342 g/mol. The van der Waals surface area contributed by atoms with Crippen molar-refractivity contribution in [2.75, 3.05) is 20.2 Å². The van der Waals surface area contributed by atoms with Crippen LogP contribution in [0.1, 0.15) is 39.1 Å². The Morgan fingerprint density at radius 2 is 2.08 bits per heavy atom. The first-order valence-corrected chi connectivity index (χ1v) is 8.27. The summed E-state index contributed by atoms with van der Waals surface area (Å²) in [6.07, 6.45) is 5.47. The second-order valence-corrected chi connectivity index (χ2v) is 6.19. The largest absolute Gasteiger partial charge is 0.368 e. The van der Waals surface area contributed by atoms with Gasteiger partial charge in [-0.25, -0.2) is 0 Å². The van der Waals surface area contributed by atoms with Crippen LogP contribution >= 0.6 is 0 Å². The third-order valence-electron chi connectivity index (χ3n) is 4.48. The van der Waals surface area contributed by atoms with Gasteiger partial charge in [-0.3, -0.25) is 14.3 Å². The van der Waals surface area contributed by atoms with Gasteiger partial charge in [0.2, 0.25) is 0 Å². The standard InChI is InChI=1S/C18H22N4O3/c1-19-16(23)13-5-3-6-14(9-13)17(24)20-12-18(7-4-8-25-18)15-10-21-22(2)11-15/h3,5-6,9-11H,4,7-8,12H2,1-2H3,(H,19,23)(H,20,24). The highest BCUT2D eigenvalue weighted by Gasteiger charge is 2.38. The van der Waals surface area contributed by atoms with Crippen molar-refractivity contribution >= 4 is 11.8 Å². The van der Waals surface area contributed by atoms with Gasteiger partial charge >= 0.3 is 0 Å². The maximum Gasteiger partial charge on any atom is 0.251 e. The van der Waals surface area contributed by atoms with Gasteiger partial charge in [0.25, 0.3) is 11.8 Å². The maximum absolute atomic E-state index is 12.5. The monoisotopic (exact) mass is 342 g/mol. The second kappa shape index (κ2) is 7.06. The van der Waals surface area contributed by atoms with Gasteiger partial charge in [-0.1, -0.05) is 6.07 Å². The summed E-state index contributed by atoms with van der Waals surface area (Å²) in [7, 11) is 3.42. The van der Waals surface area contributed by atoms with E-state index in [1.54, 1.807) is 42.2 Å². The molecule has 1 aliphatic rings. The second-order valence-electron chi connectivity index (χ2n) is 6.19. The molecule has 1 aromatic carbocycles. The number of amides is 2. The molecule has 0 bridgehead atoms. The minimum atomic E-state index is -0.539. The molecule has 3 rings (SSSR count). The molecule has 7 heteroatoms. The summed E-state index contributed by atoms with van der Waals surface area (Å²) in [5.41, 5.74) is 1.32. The van der Waals surface area contributed by atoms with Crippen LogP contribution in [0.25, 0.3) is 0 Å². The predicted octanol–water partition coefficient (Wildman–Crippen LogP) is 1.22. The zero-order chi connectivity index (χ0) is 17.9. The molecule has 7 nitrogen and oxygen atoms in total. The number of aromatic nitrogens is 2. The van der Waals surface area contributed by atoms with Crippen LogP contribution in [-0.4, -0.2) is 41.8 Å². The maximum atomic E-state index is 12.5. The summed E-state index contributed by atoms with van der Waals surface area (Å²) in [6, 6.07) is 6.64. The number of hydrogen-bond acceptors (Lipinski definition) is 4. The smallest absolute Gasteiger partial charge is 0.251 e. The van der Waals surface area contributed by atoms with Gasteiger partial charge in [-0.05, 0) is 31.0 Å². The third kappa shape index (κ3) is 3.56. The third-order valence-corrected chi connectivity index (χ3v) is 4.48. The first-order valence-electron chi connectivity index (χ1n) is 8.27. The summed E-state index contributed by atoms with van der Waals surface area (Å²) in [6.45, 7) is 1.03. The summed E-state index contributed by atoms with van der Waals surface area (Å²) < 4.78 is 7.70. The molecule has 1 aromatic heterocycles. The van der Waals surface area contributed by atoms with Crippen LogP contribution in [0, 0.1) is 0 Å². The zero-order valence-electron chi connectivity index (χ0n) is 14.4. The van der Waals surface area contributed by atoms with Gasteiger partial charge in [0, 0.05) is 43.6 Å². The van der Waals surface area contributed by atoms with Crippen molar-refractivity contribution in [2.45, 2.75) is 18.4 Å². The molecule has 1 unspecified atom stereocenters. The first-order chi connectivity index (χ1) is 12.0. The number of nitrogens with one attached hydrogen (secondary N) is 2. The number of carbonyl (C=O) groups is 2. The van der Waals surface area contributed by atoms with E-state index in [9.17, 15) is 9.59 Å². The van der Waals surface area contributed by atoms with Crippen molar-refractivity contribution in [1.29, 1.82) is 0 Å². The molecular formula is C18H22N4O3. The molecule has 2 N–H and O–H groups in total. The normalized spacial score (nSPS) is 19.6. The van der Waals surface area contributed by atoms with Crippen molar-refractivity contribution in [2.24, 2.45) is 7.05 Å². The van der Waals surface area contributed by atoms with E-state index >= 15 is 0 Å². The lowest BCUT2D eigenvalue weighted by atomic mass is 9.93. The highest BCUT2D eigenvalue weighted by molar-refractivity contribution is 5.99. The average Bonchev–Trinajstić information content (AvgIpc) is 3.29. The molecule has 1 atom stereocenters. The fourth-order valence-electron chi connectivity index (χ4n) is 3.09. The molecule has 2 aromatic rings. The van der Waals surface area contributed by atoms with E-state index in [4.69, 9.17) is 4.74 Å². The lowest BCUT2D eigenvalue weighted by Gasteiger charge is -2.27. The Morgan fingerprint density at radius 3 is 2.68 bits per heavy atom. The number of rotatable bonds is 5. The van der Waals surface area contributed by atoms with Gasteiger partial charge in [-0.2, -0.15) is 5.10 Å². The Bertz CT molecular complexity index is 778. The van der Waals surface area contributed by atoms with E-state index in [0.717, 1.165) is 18.4 Å². The van der Waals surface area contributed by atoms with Gasteiger partial charge in [-0.15, -0.1) is 0 Å². The van der Waals surface area contributed by atoms with E-state index in [2.05, 4.69) is 15.7 Å². The quantitative estimate of drug-likeness (QED) is 0.855. The Balaban J connectivity index is 1.73. The topological polar surface area (TPSA) is 85.3 Å². The van der Waals surface area contributed by atoms with Crippen LogP contribution < -0.4 is 10.6 Å². The molecule has 25 heavy (non-hydrogen) atoms. The number of benzene rings is 1. The molecule has 2 heterocycles. The molecule has 0 radical (unpaired) electrons. The van der Waals surface area contributed by atoms with Crippen molar-refractivity contribution in [3.63, 3.8) is 0 Å². The lowest BCUT2D eigenvalue weighted by molar-refractivity contribution is 0.00130. The van der Waals surface area contributed by atoms with Crippen molar-refractivity contribution in [3.8, 4) is 0 Å². The molecule has 1 saturated heterocycles. The molecule has 2 amide bonds. The van der Waals surface area contributed by atoms with E-state index in [0.29, 0.717) is 24.3 Å². The molecule has 132 valence electrons. The van der Waals surface area contributed by atoms with Gasteiger partial charge in [0.15, 0.2) is 0 Å². The summed E-state index contributed by atoms with van der Waals surface area (Å²) in [5.74, 6) is -0.454. The molecule has 1 fully saturated rings. The Morgan fingerprint density at radius 1 is 1.32 bits per heavy atom. The summed E-state index contributed by atoms with van der Waals surface area (Å²) in [5, 5.41) is 9.71. The van der Waals surface area contributed by atoms with E-state index in [1.165, 1.54) is 0 Å². The van der Waals surface area contributed by atoms with E-state index in [-0.39, 0.29) is 11.8 Å². The fraction of sp³-hybridized carbons (Fsp3) is 0.389. The predicted molar refractivity (Wildman–Crippen MR) is 92.2 cm³/mol. The minimum Gasteiger partial charge on any atom is -0.368 e. The first kappa shape index (κ1) is 17.2. The number of carbonyl (C=O) groups excluding carboxylic acids is 2. The Hall–Kier alpha value is -2.67. The van der Waals surface area contributed by atoms with Gasteiger partial charge in [0.1, 0.15) is 5.60 Å². The molecular weight excluding hydrogens is 320 g/mol. The van der Waals surface area contributed by atoms with Crippen LogP contribution in [0.5, 0.6) is 0 Å². The van der Waals surface area contributed by atoms with Crippen LogP contribution in [0.3, 0.4) is 0 Å². The SMILES string of the molecule is CNC(=O)c1cccc(C(=O)NCC2(c3cnn(C)c3)CCCO2)c1. The van der Waals surface area contributed by atoms with Crippen LogP contribution in [0.4, 0.5) is 0 Å². The number of hydrogen-bond donors (Lipinski definition) is 2. The molecule has 1 aliphatic heterocycles. The Kier molecular flexibility index (Phi) is 4.85. The minimum absolute atomic E-state index is 0.222. The van der Waals surface area contributed by atoms with E-state index < -0.39 is 5.60 Å². The lowest BCUT2D eigenvalue weighted by Crippen LogP contribution is -2.40. The summed E-state index contributed by atoms with van der Waals surface area (Å²) in [4.78, 5) is 24.2. The van der Waals surface area contributed by atoms with Crippen molar-refractivity contribution in [1.82, 2.24) is 20.4 Å². The van der Waals surface area contributed by atoms with Gasteiger partial charge < -0.3 is 15.4 Å². The number of ether oxygens (including phenoxy) is 1. The fourth-order valence-corrected chi connectivity index (χ4v) is 3.09. The highest BCUT2D eigenvalue weighted by atomic mass is 16.5. The summed E-state index contributed by atoms with van der Waals surface area (Å²) >= 11 is 0. The van der Waals surface area contributed by atoms with Gasteiger partial charge in [0.05, 0.1) is 12.7 Å². The molecule has 0 saturated carbocycles. The van der Waals surface area contributed by atoms with Crippen LogP contribution in [0.15, 0.2) is 36.7 Å². The zero-order valence-corrected chi connectivity index (χ0v) is 14.4. The number of aryl methyl sites for hydroxylation is 1. The van der Waals surface area contributed by atoms with Crippen LogP contribution in [-0.2, 0) is 17.4 Å². The molecule has 0 spiro atoms. The van der Waals surface area contributed by atoms with Crippen LogP contribution in [0.2, 0.25) is 0 Å².